The maximum absolute atomic E-state index is 13.7. The SMILES string of the molecule is C[C@H](CNCCNC[C@@H](C)N1C(=O)c2cccc3c2c(cc2ccc(C(F)(F)F)cc23)C1=O)N1C(=O)c2cccc3cc([N+](=O)[O-])cc(c23)C1=O. The van der Waals surface area contributed by atoms with Gasteiger partial charge in [-0.3, -0.25) is 39.1 Å². The Morgan fingerprint density at radius 3 is 1.80 bits per heavy atom. The van der Waals surface area contributed by atoms with Gasteiger partial charge < -0.3 is 10.6 Å². The maximum Gasteiger partial charge on any atom is 0.416 e. The molecule has 51 heavy (non-hydrogen) atoms. The summed E-state index contributed by atoms with van der Waals surface area (Å²) < 4.78 is 40.4. The number of nitro benzene ring substituents is 1. The van der Waals surface area contributed by atoms with Gasteiger partial charge in [0.2, 0.25) is 0 Å². The number of fused-ring (bicyclic) bond motifs is 2. The number of alkyl halides is 3. The van der Waals surface area contributed by atoms with Crippen LogP contribution in [0.4, 0.5) is 18.9 Å². The van der Waals surface area contributed by atoms with Crippen LogP contribution >= 0.6 is 0 Å². The fraction of sp³-hybridized carbons (Fsp3) is 0.243. The number of imide groups is 2. The molecular weight excluding hydrogens is 667 g/mol. The summed E-state index contributed by atoms with van der Waals surface area (Å²) in [5, 5.41) is 20.2. The van der Waals surface area contributed by atoms with E-state index in [2.05, 4.69) is 10.6 Å². The van der Waals surface area contributed by atoms with Gasteiger partial charge in [0.1, 0.15) is 0 Å². The van der Waals surface area contributed by atoms with Crippen LogP contribution in [0, 0.1) is 10.1 Å². The summed E-state index contributed by atoms with van der Waals surface area (Å²) in [6.45, 7) is 4.70. The normalized spacial score (nSPS) is 15.7. The van der Waals surface area contributed by atoms with Crippen LogP contribution in [0.5, 0.6) is 0 Å². The van der Waals surface area contributed by atoms with E-state index in [9.17, 15) is 42.5 Å². The summed E-state index contributed by atoms with van der Waals surface area (Å²) in [7, 11) is 0. The highest BCUT2D eigenvalue weighted by atomic mass is 19.4. The van der Waals surface area contributed by atoms with Crippen molar-refractivity contribution in [1.29, 1.82) is 0 Å². The van der Waals surface area contributed by atoms with E-state index in [1.807, 2.05) is 0 Å². The summed E-state index contributed by atoms with van der Waals surface area (Å²) >= 11 is 0. The summed E-state index contributed by atoms with van der Waals surface area (Å²) in [6, 6.07) is 15.9. The third kappa shape index (κ3) is 5.65. The highest BCUT2D eigenvalue weighted by Crippen LogP contribution is 2.39. The average Bonchev–Trinajstić information content (AvgIpc) is 3.10. The number of amides is 4. The molecule has 2 heterocycles. The lowest BCUT2D eigenvalue weighted by atomic mass is 9.89. The van der Waals surface area contributed by atoms with E-state index in [4.69, 9.17) is 0 Å². The predicted molar refractivity (Wildman–Crippen MR) is 183 cm³/mol. The molecular formula is C37H30F3N5O6. The molecule has 0 saturated carbocycles. The van der Waals surface area contributed by atoms with Gasteiger partial charge in [0.15, 0.2) is 0 Å². The molecule has 260 valence electrons. The Labute approximate surface area is 288 Å². The van der Waals surface area contributed by atoms with Crippen LogP contribution in [-0.4, -0.2) is 76.6 Å². The molecule has 2 N–H and O–H groups in total. The molecule has 7 rings (SSSR count). The van der Waals surface area contributed by atoms with E-state index < -0.39 is 52.4 Å². The number of halogens is 3. The molecule has 0 unspecified atom stereocenters. The Morgan fingerprint density at radius 1 is 0.667 bits per heavy atom. The van der Waals surface area contributed by atoms with Gasteiger partial charge in [0.25, 0.3) is 29.3 Å². The van der Waals surface area contributed by atoms with Crippen molar-refractivity contribution in [3.05, 3.63) is 111 Å². The van der Waals surface area contributed by atoms with Crippen molar-refractivity contribution in [2.75, 3.05) is 26.2 Å². The number of rotatable bonds is 10. The molecule has 0 spiro atoms. The van der Waals surface area contributed by atoms with Crippen LogP contribution in [0.25, 0.3) is 32.3 Å². The first-order valence-electron chi connectivity index (χ1n) is 16.2. The summed E-state index contributed by atoms with van der Waals surface area (Å²) in [6.07, 6.45) is -4.55. The third-order valence-electron chi connectivity index (χ3n) is 9.51. The van der Waals surface area contributed by atoms with E-state index in [0.29, 0.717) is 51.0 Å². The third-order valence-corrected chi connectivity index (χ3v) is 9.51. The molecule has 5 aromatic carbocycles. The lowest BCUT2D eigenvalue weighted by molar-refractivity contribution is -0.384. The fourth-order valence-corrected chi connectivity index (χ4v) is 7.08. The number of carbonyl (C=O) groups excluding carboxylic acids is 4. The number of non-ortho nitro benzene ring substituents is 1. The Balaban J connectivity index is 0.983. The smallest absolute Gasteiger partial charge is 0.313 e. The Hall–Kier alpha value is -5.73. The van der Waals surface area contributed by atoms with E-state index in [1.54, 1.807) is 50.2 Å². The highest BCUT2D eigenvalue weighted by molar-refractivity contribution is 6.29. The van der Waals surface area contributed by atoms with Gasteiger partial charge >= 0.3 is 6.18 Å². The molecule has 0 aliphatic carbocycles. The van der Waals surface area contributed by atoms with E-state index >= 15 is 0 Å². The molecule has 0 fully saturated rings. The summed E-state index contributed by atoms with van der Waals surface area (Å²) in [5.41, 5.74) is -0.191. The predicted octanol–water partition coefficient (Wildman–Crippen LogP) is 5.92. The van der Waals surface area contributed by atoms with Crippen LogP contribution < -0.4 is 10.6 Å². The zero-order valence-corrected chi connectivity index (χ0v) is 27.3. The minimum Gasteiger partial charge on any atom is -0.313 e. The maximum atomic E-state index is 13.7. The highest BCUT2D eigenvalue weighted by Gasteiger charge is 2.38. The van der Waals surface area contributed by atoms with Gasteiger partial charge in [-0.1, -0.05) is 30.3 Å². The molecule has 11 nitrogen and oxygen atoms in total. The number of nitrogens with one attached hydrogen (secondary N) is 2. The Morgan fingerprint density at radius 2 is 1.22 bits per heavy atom. The number of carbonyl (C=O) groups is 4. The van der Waals surface area contributed by atoms with Crippen LogP contribution in [0.15, 0.2) is 72.8 Å². The van der Waals surface area contributed by atoms with Crippen LogP contribution in [0.2, 0.25) is 0 Å². The standard InChI is InChI=1S/C37H30F3N5O6/c1-19(43-33(46)26-7-3-5-22-13-24(45(50)51)16-30(31(22)26)36(43)49)17-41-11-12-42-18-20(2)44-34(47)27-8-4-6-25-28-15-23(37(38,39)40)10-9-21(28)14-29(32(25)27)35(44)48/h3-10,13-16,19-20,41-42H,11-12,17-18H2,1-2H3/t19-,20-/m1/s1. The fourth-order valence-electron chi connectivity index (χ4n) is 7.08. The van der Waals surface area contributed by atoms with Gasteiger partial charge in [0, 0.05) is 77.9 Å². The molecule has 0 saturated heterocycles. The van der Waals surface area contributed by atoms with Gasteiger partial charge in [-0.2, -0.15) is 13.2 Å². The molecule has 4 amide bonds. The largest absolute Gasteiger partial charge is 0.416 e. The number of hydrogen-bond donors (Lipinski definition) is 2. The quantitative estimate of drug-likeness (QED) is 0.0603. The number of hydrogen-bond acceptors (Lipinski definition) is 8. The molecule has 2 atom stereocenters. The molecule has 0 aromatic heterocycles. The molecule has 14 heteroatoms. The monoisotopic (exact) mass is 697 g/mol. The average molecular weight is 698 g/mol. The molecule has 0 bridgehead atoms. The zero-order valence-electron chi connectivity index (χ0n) is 27.3. The second-order valence-corrected chi connectivity index (χ2v) is 12.8. The molecule has 0 radical (unpaired) electrons. The van der Waals surface area contributed by atoms with Crippen molar-refractivity contribution in [2.45, 2.75) is 32.1 Å². The van der Waals surface area contributed by atoms with Gasteiger partial charge in [-0.25, -0.2) is 0 Å². The first-order chi connectivity index (χ1) is 24.3. The Kier molecular flexibility index (Phi) is 8.31. The second-order valence-electron chi connectivity index (χ2n) is 12.8. The van der Waals surface area contributed by atoms with Crippen LogP contribution in [0.3, 0.4) is 0 Å². The second kappa shape index (κ2) is 12.5. The lowest BCUT2D eigenvalue weighted by Crippen LogP contribution is -2.51. The zero-order chi connectivity index (χ0) is 36.4. The minimum atomic E-state index is -4.55. The number of nitro groups is 1. The van der Waals surface area contributed by atoms with E-state index in [-0.39, 0.29) is 35.5 Å². The van der Waals surface area contributed by atoms with Crippen molar-refractivity contribution >= 4 is 61.6 Å². The number of benzene rings is 5. The Bertz CT molecular complexity index is 2340. The van der Waals surface area contributed by atoms with Crippen molar-refractivity contribution in [3.8, 4) is 0 Å². The number of nitrogens with zero attached hydrogens (tertiary/aromatic N) is 3. The van der Waals surface area contributed by atoms with Crippen LogP contribution in [0.1, 0.15) is 60.8 Å². The topological polar surface area (TPSA) is 142 Å². The van der Waals surface area contributed by atoms with Crippen molar-refractivity contribution in [1.82, 2.24) is 20.4 Å². The van der Waals surface area contributed by atoms with E-state index in [0.717, 1.165) is 21.9 Å². The molecule has 2 aliphatic rings. The first kappa shape index (κ1) is 33.8. The van der Waals surface area contributed by atoms with Gasteiger partial charge in [-0.05, 0) is 65.7 Å². The van der Waals surface area contributed by atoms with Crippen molar-refractivity contribution in [3.63, 3.8) is 0 Å². The van der Waals surface area contributed by atoms with Gasteiger partial charge in [-0.15, -0.1) is 0 Å². The van der Waals surface area contributed by atoms with Crippen molar-refractivity contribution < 1.29 is 37.3 Å². The van der Waals surface area contributed by atoms with E-state index in [1.165, 1.54) is 24.3 Å². The van der Waals surface area contributed by atoms with Crippen molar-refractivity contribution in [2.24, 2.45) is 0 Å². The molecule has 5 aromatic rings. The van der Waals surface area contributed by atoms with Gasteiger partial charge in [0.05, 0.1) is 16.1 Å². The minimum absolute atomic E-state index is 0.0985. The summed E-state index contributed by atoms with van der Waals surface area (Å²) in [5.74, 6) is -2.17. The van der Waals surface area contributed by atoms with Crippen LogP contribution in [-0.2, 0) is 6.18 Å². The lowest BCUT2D eigenvalue weighted by Gasteiger charge is -2.33. The molecule has 2 aliphatic heterocycles. The summed E-state index contributed by atoms with van der Waals surface area (Å²) in [4.78, 5) is 67.3. The first-order valence-corrected chi connectivity index (χ1v) is 16.2.